The molecule has 7 heteroatoms. The van der Waals surface area contributed by atoms with Gasteiger partial charge >= 0.3 is 0 Å². The van der Waals surface area contributed by atoms with Crippen LogP contribution in [0.1, 0.15) is 24.2 Å². The molecule has 0 radical (unpaired) electrons. The third kappa shape index (κ3) is 4.09. The molecular formula is C14H20N6O. The molecule has 0 aliphatic rings. The van der Waals surface area contributed by atoms with Gasteiger partial charge in [0.05, 0.1) is 0 Å². The zero-order valence-electron chi connectivity index (χ0n) is 12.5. The lowest BCUT2D eigenvalue weighted by Gasteiger charge is -2.20. The summed E-state index contributed by atoms with van der Waals surface area (Å²) in [5, 5.41) is 6.90. The SMILES string of the molecule is CC(C)N(C)CCNC(=O)c1ccnc(-n2cncn2)c1. The fourth-order valence-corrected chi connectivity index (χ4v) is 1.72. The third-order valence-electron chi connectivity index (χ3n) is 3.29. The van der Waals surface area contributed by atoms with Crippen molar-refractivity contribution in [2.45, 2.75) is 19.9 Å². The molecule has 2 aromatic heterocycles. The van der Waals surface area contributed by atoms with Gasteiger partial charge in [-0.15, -0.1) is 0 Å². The van der Waals surface area contributed by atoms with Crippen LogP contribution in [0, 0.1) is 0 Å². The molecule has 7 nitrogen and oxygen atoms in total. The zero-order valence-corrected chi connectivity index (χ0v) is 12.5. The maximum Gasteiger partial charge on any atom is 0.251 e. The first-order valence-electron chi connectivity index (χ1n) is 6.87. The van der Waals surface area contributed by atoms with Crippen molar-refractivity contribution < 1.29 is 4.79 Å². The van der Waals surface area contributed by atoms with Crippen LogP contribution in [0.5, 0.6) is 0 Å². The van der Waals surface area contributed by atoms with Gasteiger partial charge in [0.25, 0.3) is 5.91 Å². The summed E-state index contributed by atoms with van der Waals surface area (Å²) < 4.78 is 1.52. The number of aromatic nitrogens is 4. The number of hydrogen-bond donors (Lipinski definition) is 1. The Hall–Kier alpha value is -2.28. The standard InChI is InChI=1S/C14H20N6O/c1-11(2)19(3)7-6-17-14(21)12-4-5-16-13(8-12)20-10-15-9-18-20/h4-5,8-11H,6-7H2,1-3H3,(H,17,21). The molecule has 2 heterocycles. The molecule has 21 heavy (non-hydrogen) atoms. The van der Waals surface area contributed by atoms with Gasteiger partial charge in [-0.05, 0) is 33.0 Å². The molecule has 2 rings (SSSR count). The van der Waals surface area contributed by atoms with Crippen molar-refractivity contribution in [1.82, 2.24) is 30.0 Å². The maximum absolute atomic E-state index is 12.1. The number of nitrogens with zero attached hydrogens (tertiary/aromatic N) is 5. The summed E-state index contributed by atoms with van der Waals surface area (Å²) in [6.07, 6.45) is 4.56. The fraction of sp³-hybridized carbons (Fsp3) is 0.429. The number of likely N-dealkylation sites (N-methyl/N-ethyl adjacent to an activating group) is 1. The highest BCUT2D eigenvalue weighted by Crippen LogP contribution is 2.05. The Morgan fingerprint density at radius 1 is 1.48 bits per heavy atom. The number of hydrogen-bond acceptors (Lipinski definition) is 5. The highest BCUT2D eigenvalue weighted by Gasteiger charge is 2.09. The highest BCUT2D eigenvalue weighted by atomic mass is 16.1. The summed E-state index contributed by atoms with van der Waals surface area (Å²) in [4.78, 5) is 22.3. The van der Waals surface area contributed by atoms with E-state index in [9.17, 15) is 4.79 Å². The van der Waals surface area contributed by atoms with Crippen LogP contribution in [-0.4, -0.2) is 56.7 Å². The third-order valence-corrected chi connectivity index (χ3v) is 3.29. The minimum atomic E-state index is -0.115. The number of pyridine rings is 1. The lowest BCUT2D eigenvalue weighted by atomic mass is 10.2. The maximum atomic E-state index is 12.1. The van der Waals surface area contributed by atoms with E-state index in [0.717, 1.165) is 6.54 Å². The van der Waals surface area contributed by atoms with E-state index in [2.05, 4.69) is 39.1 Å². The number of nitrogens with one attached hydrogen (secondary N) is 1. The lowest BCUT2D eigenvalue weighted by molar-refractivity contribution is 0.0948. The molecule has 0 aliphatic heterocycles. The van der Waals surface area contributed by atoms with Crippen molar-refractivity contribution in [3.63, 3.8) is 0 Å². The summed E-state index contributed by atoms with van der Waals surface area (Å²) >= 11 is 0. The number of carbonyl (C=O) groups is 1. The van der Waals surface area contributed by atoms with Crippen LogP contribution < -0.4 is 5.32 Å². The smallest absolute Gasteiger partial charge is 0.251 e. The van der Waals surface area contributed by atoms with Gasteiger partial charge in [-0.2, -0.15) is 5.10 Å². The van der Waals surface area contributed by atoms with Crippen molar-refractivity contribution in [2.24, 2.45) is 0 Å². The average molecular weight is 288 g/mol. The van der Waals surface area contributed by atoms with Crippen LogP contribution in [0.15, 0.2) is 31.0 Å². The molecule has 112 valence electrons. The van der Waals surface area contributed by atoms with Crippen molar-refractivity contribution in [1.29, 1.82) is 0 Å². The molecule has 1 amide bonds. The molecule has 0 spiro atoms. The van der Waals surface area contributed by atoms with Crippen molar-refractivity contribution in [3.8, 4) is 5.82 Å². The second-order valence-electron chi connectivity index (χ2n) is 5.07. The number of amides is 1. The number of rotatable bonds is 6. The van der Waals surface area contributed by atoms with Gasteiger partial charge in [0.15, 0.2) is 5.82 Å². The van der Waals surface area contributed by atoms with Gasteiger partial charge in [-0.25, -0.2) is 14.6 Å². The van der Waals surface area contributed by atoms with E-state index >= 15 is 0 Å². The van der Waals surface area contributed by atoms with Gasteiger partial charge in [0.2, 0.25) is 0 Å². The van der Waals surface area contributed by atoms with Crippen LogP contribution in [0.4, 0.5) is 0 Å². The minimum absolute atomic E-state index is 0.115. The Kier molecular flexibility index (Phi) is 4.99. The Balaban J connectivity index is 1.95. The average Bonchev–Trinajstić information content (AvgIpc) is 3.01. The summed E-state index contributed by atoms with van der Waals surface area (Å²) in [6.45, 7) is 5.66. The summed E-state index contributed by atoms with van der Waals surface area (Å²) in [5.41, 5.74) is 0.558. The van der Waals surface area contributed by atoms with E-state index in [0.29, 0.717) is 24.0 Å². The Labute approximate surface area is 124 Å². The van der Waals surface area contributed by atoms with Crippen molar-refractivity contribution in [2.75, 3.05) is 20.1 Å². The van der Waals surface area contributed by atoms with Gasteiger partial charge in [-0.3, -0.25) is 4.79 Å². The fourth-order valence-electron chi connectivity index (χ4n) is 1.72. The molecular weight excluding hydrogens is 268 g/mol. The van der Waals surface area contributed by atoms with Crippen LogP contribution >= 0.6 is 0 Å². The van der Waals surface area contributed by atoms with E-state index in [4.69, 9.17) is 0 Å². The van der Waals surface area contributed by atoms with Crippen molar-refractivity contribution >= 4 is 5.91 Å². The predicted molar refractivity (Wildman–Crippen MR) is 79.3 cm³/mol. The quantitative estimate of drug-likeness (QED) is 0.848. The molecule has 0 aliphatic carbocycles. The molecule has 0 atom stereocenters. The normalized spacial score (nSPS) is 11.1. The minimum Gasteiger partial charge on any atom is -0.351 e. The summed E-state index contributed by atoms with van der Waals surface area (Å²) in [7, 11) is 2.03. The first-order valence-corrected chi connectivity index (χ1v) is 6.87. The first-order chi connectivity index (χ1) is 10.1. The lowest BCUT2D eigenvalue weighted by Crippen LogP contribution is -2.36. The molecule has 2 aromatic rings. The molecule has 1 N–H and O–H groups in total. The Morgan fingerprint density at radius 3 is 2.95 bits per heavy atom. The van der Waals surface area contributed by atoms with Gasteiger partial charge in [-0.1, -0.05) is 0 Å². The predicted octanol–water partition coefficient (Wildman–Crippen LogP) is 0.732. The molecule has 0 unspecified atom stereocenters. The molecule has 0 saturated heterocycles. The monoisotopic (exact) mass is 288 g/mol. The second kappa shape index (κ2) is 6.94. The second-order valence-corrected chi connectivity index (χ2v) is 5.07. The van der Waals surface area contributed by atoms with E-state index in [-0.39, 0.29) is 5.91 Å². The van der Waals surface area contributed by atoms with Crippen LogP contribution in [0.2, 0.25) is 0 Å². The number of carbonyl (C=O) groups excluding carboxylic acids is 1. The Morgan fingerprint density at radius 2 is 2.29 bits per heavy atom. The molecule has 0 bridgehead atoms. The van der Waals surface area contributed by atoms with Gasteiger partial charge in [0, 0.05) is 30.9 Å². The zero-order chi connectivity index (χ0) is 15.2. The van der Waals surface area contributed by atoms with Crippen molar-refractivity contribution in [3.05, 3.63) is 36.5 Å². The summed E-state index contributed by atoms with van der Waals surface area (Å²) in [6, 6.07) is 3.83. The van der Waals surface area contributed by atoms with Crippen LogP contribution in [-0.2, 0) is 0 Å². The van der Waals surface area contributed by atoms with E-state index < -0.39 is 0 Å². The van der Waals surface area contributed by atoms with Gasteiger partial charge < -0.3 is 10.2 Å². The molecule has 0 aromatic carbocycles. The van der Waals surface area contributed by atoms with E-state index in [1.165, 1.54) is 11.0 Å². The highest BCUT2D eigenvalue weighted by molar-refractivity contribution is 5.94. The first kappa shape index (κ1) is 15.1. The summed E-state index contributed by atoms with van der Waals surface area (Å²) in [5.74, 6) is 0.454. The van der Waals surface area contributed by atoms with E-state index in [1.807, 2.05) is 7.05 Å². The molecule has 0 fully saturated rings. The Bertz CT molecular complexity index is 581. The molecule has 0 saturated carbocycles. The van der Waals surface area contributed by atoms with E-state index in [1.54, 1.807) is 24.7 Å². The van der Waals surface area contributed by atoms with Gasteiger partial charge in [0.1, 0.15) is 12.7 Å². The largest absolute Gasteiger partial charge is 0.351 e. The van der Waals surface area contributed by atoms with Crippen LogP contribution in [0.3, 0.4) is 0 Å². The topological polar surface area (TPSA) is 75.9 Å². The van der Waals surface area contributed by atoms with Crippen LogP contribution in [0.25, 0.3) is 5.82 Å².